The van der Waals surface area contributed by atoms with E-state index in [1.807, 2.05) is 12.1 Å². The van der Waals surface area contributed by atoms with E-state index in [1.54, 1.807) is 6.92 Å². The number of fused-ring (bicyclic) bond motifs is 1. The van der Waals surface area contributed by atoms with Crippen molar-refractivity contribution in [1.29, 1.82) is 0 Å². The van der Waals surface area contributed by atoms with Gasteiger partial charge >= 0.3 is 5.97 Å². The lowest BCUT2D eigenvalue weighted by Crippen LogP contribution is -2.03. The molecule has 0 aliphatic carbocycles. The smallest absolute Gasteiger partial charge is 0.342 e. The molecule has 0 bridgehead atoms. The lowest BCUT2D eigenvalue weighted by molar-refractivity contribution is 0.0527. The second-order valence-corrected chi connectivity index (χ2v) is 4.40. The number of esters is 1. The Morgan fingerprint density at radius 2 is 2.17 bits per heavy atom. The molecule has 0 aliphatic rings. The summed E-state index contributed by atoms with van der Waals surface area (Å²) in [7, 11) is 0. The quantitative estimate of drug-likeness (QED) is 0.762. The van der Waals surface area contributed by atoms with Crippen LogP contribution in [0.25, 0.3) is 11.0 Å². The second-order valence-electron chi connectivity index (χ2n) is 4.40. The third-order valence-electron chi connectivity index (χ3n) is 3.27. The molecular weight excluding hydrogens is 228 g/mol. The molecule has 0 aliphatic heterocycles. The number of furan rings is 1. The summed E-state index contributed by atoms with van der Waals surface area (Å²) in [6.45, 7) is 6.46. The monoisotopic (exact) mass is 246 g/mol. The maximum absolute atomic E-state index is 11.8. The van der Waals surface area contributed by atoms with Crippen LogP contribution in [0.3, 0.4) is 0 Å². The molecule has 2 aromatic rings. The Kier molecular flexibility index (Phi) is 3.70. The first-order valence-electron chi connectivity index (χ1n) is 6.36. The minimum Gasteiger partial charge on any atom is -0.463 e. The molecule has 0 radical (unpaired) electrons. The van der Waals surface area contributed by atoms with Gasteiger partial charge in [0.05, 0.1) is 6.61 Å². The lowest BCUT2D eigenvalue weighted by Gasteiger charge is -2.08. The van der Waals surface area contributed by atoms with Crippen molar-refractivity contribution in [3.8, 4) is 0 Å². The lowest BCUT2D eigenvalue weighted by atomic mass is 9.96. The van der Waals surface area contributed by atoms with E-state index >= 15 is 0 Å². The van der Waals surface area contributed by atoms with E-state index in [9.17, 15) is 4.79 Å². The highest BCUT2D eigenvalue weighted by molar-refractivity contribution is 6.03. The normalized spacial score (nSPS) is 12.6. The number of carbonyl (C=O) groups is 1. The third kappa shape index (κ3) is 2.13. The summed E-state index contributed by atoms with van der Waals surface area (Å²) in [6, 6.07) is 5.91. The van der Waals surface area contributed by atoms with E-state index in [4.69, 9.17) is 9.15 Å². The van der Waals surface area contributed by atoms with Gasteiger partial charge in [-0.2, -0.15) is 0 Å². The number of benzene rings is 1. The van der Waals surface area contributed by atoms with Crippen molar-refractivity contribution in [3.05, 3.63) is 35.6 Å². The van der Waals surface area contributed by atoms with Crippen molar-refractivity contribution in [2.75, 3.05) is 6.61 Å². The largest absolute Gasteiger partial charge is 0.463 e. The first-order valence-corrected chi connectivity index (χ1v) is 6.36. The maximum atomic E-state index is 11.8. The second kappa shape index (κ2) is 5.25. The van der Waals surface area contributed by atoms with E-state index in [2.05, 4.69) is 19.9 Å². The molecule has 2 rings (SSSR count). The Morgan fingerprint density at radius 1 is 1.39 bits per heavy atom. The average molecular weight is 246 g/mol. The van der Waals surface area contributed by atoms with Crippen LogP contribution in [-0.4, -0.2) is 12.6 Å². The van der Waals surface area contributed by atoms with E-state index in [-0.39, 0.29) is 5.97 Å². The van der Waals surface area contributed by atoms with Crippen molar-refractivity contribution in [1.82, 2.24) is 0 Å². The fourth-order valence-corrected chi connectivity index (χ4v) is 2.05. The van der Waals surface area contributed by atoms with Crippen LogP contribution in [0.4, 0.5) is 0 Å². The van der Waals surface area contributed by atoms with Crippen molar-refractivity contribution in [2.45, 2.75) is 33.1 Å². The first kappa shape index (κ1) is 12.7. The molecular formula is C15H18O3. The minimum absolute atomic E-state index is 0.322. The van der Waals surface area contributed by atoms with Crippen LogP contribution < -0.4 is 0 Å². The summed E-state index contributed by atoms with van der Waals surface area (Å²) in [4.78, 5) is 11.8. The SMILES string of the molecule is CCOC(=O)c1coc2c(C(C)CC)cccc12. The van der Waals surface area contributed by atoms with Crippen LogP contribution in [0, 0.1) is 0 Å². The van der Waals surface area contributed by atoms with Gasteiger partial charge in [0.1, 0.15) is 17.4 Å². The number of para-hydroxylation sites is 1. The number of hydrogen-bond acceptors (Lipinski definition) is 3. The fraction of sp³-hybridized carbons (Fsp3) is 0.400. The zero-order valence-corrected chi connectivity index (χ0v) is 11.0. The molecule has 0 saturated heterocycles. The number of rotatable bonds is 4. The Morgan fingerprint density at radius 3 is 2.83 bits per heavy atom. The number of carbonyl (C=O) groups excluding carboxylic acids is 1. The van der Waals surface area contributed by atoms with E-state index in [0.717, 1.165) is 23.0 Å². The number of hydrogen-bond donors (Lipinski definition) is 0. The van der Waals surface area contributed by atoms with Crippen molar-refractivity contribution in [2.24, 2.45) is 0 Å². The summed E-state index contributed by atoms with van der Waals surface area (Å²) < 4.78 is 10.6. The van der Waals surface area contributed by atoms with Crippen LogP contribution in [-0.2, 0) is 4.74 Å². The van der Waals surface area contributed by atoms with Crippen molar-refractivity contribution < 1.29 is 13.9 Å². The summed E-state index contributed by atoms with van der Waals surface area (Å²) in [5, 5.41) is 0.839. The van der Waals surface area contributed by atoms with E-state index in [0.29, 0.717) is 18.1 Å². The highest BCUT2D eigenvalue weighted by Gasteiger charge is 2.18. The topological polar surface area (TPSA) is 39.4 Å². The molecule has 0 N–H and O–H groups in total. The highest BCUT2D eigenvalue weighted by Crippen LogP contribution is 2.30. The van der Waals surface area contributed by atoms with Crippen molar-refractivity contribution >= 4 is 16.9 Å². The highest BCUT2D eigenvalue weighted by atomic mass is 16.5. The van der Waals surface area contributed by atoms with Gasteiger partial charge in [-0.15, -0.1) is 0 Å². The predicted octanol–water partition coefficient (Wildman–Crippen LogP) is 4.12. The van der Waals surface area contributed by atoms with Gasteiger partial charge in [-0.1, -0.05) is 32.0 Å². The Bertz CT molecular complexity index is 554. The fourth-order valence-electron chi connectivity index (χ4n) is 2.05. The standard InChI is InChI=1S/C15H18O3/c1-4-10(3)11-7-6-8-12-13(9-18-14(11)12)15(16)17-5-2/h6-10H,4-5H2,1-3H3. The summed E-state index contributed by atoms with van der Waals surface area (Å²) in [5.41, 5.74) is 2.46. The molecule has 1 aromatic heterocycles. The third-order valence-corrected chi connectivity index (χ3v) is 3.27. The van der Waals surface area contributed by atoms with Gasteiger partial charge in [0, 0.05) is 5.39 Å². The average Bonchev–Trinajstić information content (AvgIpc) is 2.81. The minimum atomic E-state index is -0.322. The first-order chi connectivity index (χ1) is 8.69. The van der Waals surface area contributed by atoms with Gasteiger partial charge in [0.2, 0.25) is 0 Å². The van der Waals surface area contributed by atoms with Gasteiger partial charge in [-0.3, -0.25) is 0 Å². The van der Waals surface area contributed by atoms with E-state index in [1.165, 1.54) is 6.26 Å². The molecule has 0 amide bonds. The van der Waals surface area contributed by atoms with Gasteiger partial charge in [-0.25, -0.2) is 4.79 Å². The molecule has 1 atom stereocenters. The summed E-state index contributed by atoms with van der Waals surface area (Å²) in [5.74, 6) is 0.0902. The molecule has 3 heteroatoms. The van der Waals surface area contributed by atoms with Crippen LogP contribution in [0.2, 0.25) is 0 Å². The molecule has 1 unspecified atom stereocenters. The van der Waals surface area contributed by atoms with Gasteiger partial charge < -0.3 is 9.15 Å². The van der Waals surface area contributed by atoms with Crippen LogP contribution >= 0.6 is 0 Å². The molecule has 96 valence electrons. The number of ether oxygens (including phenoxy) is 1. The molecule has 1 aromatic carbocycles. The van der Waals surface area contributed by atoms with Crippen LogP contribution in [0.1, 0.15) is 49.0 Å². The molecule has 3 nitrogen and oxygen atoms in total. The molecule has 1 heterocycles. The Labute approximate surface area is 107 Å². The Hall–Kier alpha value is -1.77. The molecule has 0 spiro atoms. The summed E-state index contributed by atoms with van der Waals surface area (Å²) >= 11 is 0. The zero-order chi connectivity index (χ0) is 13.1. The van der Waals surface area contributed by atoms with Gasteiger partial charge in [0.25, 0.3) is 0 Å². The summed E-state index contributed by atoms with van der Waals surface area (Å²) in [6.07, 6.45) is 2.53. The Balaban J connectivity index is 2.51. The zero-order valence-electron chi connectivity index (χ0n) is 11.0. The molecule has 18 heavy (non-hydrogen) atoms. The predicted molar refractivity (Wildman–Crippen MR) is 70.9 cm³/mol. The van der Waals surface area contributed by atoms with E-state index < -0.39 is 0 Å². The van der Waals surface area contributed by atoms with Crippen LogP contribution in [0.5, 0.6) is 0 Å². The maximum Gasteiger partial charge on any atom is 0.342 e. The van der Waals surface area contributed by atoms with Crippen molar-refractivity contribution in [3.63, 3.8) is 0 Å². The van der Waals surface area contributed by atoms with Gasteiger partial charge in [0.15, 0.2) is 0 Å². The molecule has 0 fully saturated rings. The molecule has 0 saturated carbocycles. The van der Waals surface area contributed by atoms with Crippen LogP contribution in [0.15, 0.2) is 28.9 Å². The van der Waals surface area contributed by atoms with Gasteiger partial charge in [-0.05, 0) is 24.8 Å².